The van der Waals surface area contributed by atoms with Crippen molar-refractivity contribution in [1.29, 1.82) is 0 Å². The van der Waals surface area contributed by atoms with Crippen molar-refractivity contribution < 1.29 is 17.7 Å². The van der Waals surface area contributed by atoms with Crippen LogP contribution in [-0.4, -0.2) is 26.1 Å². The number of hydrogen-bond donors (Lipinski definition) is 2. The zero-order valence-electron chi connectivity index (χ0n) is 8.80. The minimum atomic E-state index is -4.23. The van der Waals surface area contributed by atoms with Crippen LogP contribution in [-0.2, 0) is 10.1 Å². The number of hydrogen-bond acceptors (Lipinski definition) is 4. The maximum atomic E-state index is 11.0. The first-order valence-corrected chi connectivity index (χ1v) is 6.39. The average Bonchev–Trinajstić information content (AvgIpc) is 2.24. The highest BCUT2D eigenvalue weighted by Crippen LogP contribution is 2.22. The summed E-state index contributed by atoms with van der Waals surface area (Å²) in [4.78, 5) is -0.206. The molecule has 0 atom stereocenters. The van der Waals surface area contributed by atoms with Gasteiger partial charge in [0.2, 0.25) is 0 Å². The Bertz CT molecular complexity index is 430. The van der Waals surface area contributed by atoms with Crippen LogP contribution in [0.4, 0.5) is 0 Å². The van der Waals surface area contributed by atoms with E-state index in [1.54, 1.807) is 6.07 Å². The zero-order valence-corrected chi connectivity index (χ0v) is 9.61. The highest BCUT2D eigenvalue weighted by molar-refractivity contribution is 7.86. The van der Waals surface area contributed by atoms with Gasteiger partial charge in [0.05, 0.1) is 6.61 Å². The van der Waals surface area contributed by atoms with E-state index in [0.717, 1.165) is 12.8 Å². The van der Waals surface area contributed by atoms with Gasteiger partial charge < -0.3 is 10.5 Å². The van der Waals surface area contributed by atoms with Crippen LogP contribution in [0.25, 0.3) is 0 Å². The number of rotatable bonds is 6. The predicted molar refractivity (Wildman–Crippen MR) is 60.0 cm³/mol. The summed E-state index contributed by atoms with van der Waals surface area (Å²) in [6, 6.07) is 5.97. The van der Waals surface area contributed by atoms with Crippen LogP contribution in [0.3, 0.4) is 0 Å². The molecule has 0 amide bonds. The van der Waals surface area contributed by atoms with E-state index in [0.29, 0.717) is 13.2 Å². The molecule has 16 heavy (non-hydrogen) atoms. The molecule has 0 bridgehead atoms. The summed E-state index contributed by atoms with van der Waals surface area (Å²) in [6.45, 7) is 0.951. The van der Waals surface area contributed by atoms with Crippen LogP contribution >= 0.6 is 0 Å². The Morgan fingerprint density at radius 2 is 1.94 bits per heavy atom. The summed E-state index contributed by atoms with van der Waals surface area (Å²) < 4.78 is 36.2. The van der Waals surface area contributed by atoms with Gasteiger partial charge in [-0.25, -0.2) is 0 Å². The highest BCUT2D eigenvalue weighted by atomic mass is 32.2. The van der Waals surface area contributed by atoms with E-state index in [1.807, 2.05) is 0 Å². The quantitative estimate of drug-likeness (QED) is 0.577. The molecule has 0 saturated heterocycles. The number of benzene rings is 1. The lowest BCUT2D eigenvalue weighted by atomic mass is 10.3. The van der Waals surface area contributed by atoms with E-state index in [9.17, 15) is 8.42 Å². The second-order valence-corrected chi connectivity index (χ2v) is 4.66. The van der Waals surface area contributed by atoms with E-state index < -0.39 is 10.1 Å². The number of nitrogens with two attached hydrogens (primary N) is 1. The smallest absolute Gasteiger partial charge is 0.298 e. The van der Waals surface area contributed by atoms with Crippen LogP contribution in [0.1, 0.15) is 12.8 Å². The van der Waals surface area contributed by atoms with E-state index in [2.05, 4.69) is 0 Å². The van der Waals surface area contributed by atoms with Crippen LogP contribution in [0.2, 0.25) is 0 Å². The van der Waals surface area contributed by atoms with Crippen molar-refractivity contribution in [3.8, 4) is 5.75 Å². The Balaban J connectivity index is 2.73. The first-order chi connectivity index (χ1) is 7.55. The molecule has 0 fully saturated rings. The summed E-state index contributed by atoms with van der Waals surface area (Å²) in [7, 11) is -4.23. The first kappa shape index (κ1) is 13.0. The Hall–Kier alpha value is -1.11. The van der Waals surface area contributed by atoms with Crippen molar-refractivity contribution in [2.75, 3.05) is 13.2 Å². The number of unbranched alkanes of at least 4 members (excludes halogenated alkanes) is 1. The highest BCUT2D eigenvalue weighted by Gasteiger charge is 2.15. The van der Waals surface area contributed by atoms with Crippen LogP contribution < -0.4 is 10.5 Å². The molecule has 0 radical (unpaired) electrons. The summed E-state index contributed by atoms with van der Waals surface area (Å²) in [5.74, 6) is 0.169. The van der Waals surface area contributed by atoms with Gasteiger partial charge in [0.1, 0.15) is 10.6 Å². The maximum Gasteiger partial charge on any atom is 0.298 e. The molecule has 6 heteroatoms. The van der Waals surface area contributed by atoms with Crippen molar-refractivity contribution in [2.45, 2.75) is 17.7 Å². The van der Waals surface area contributed by atoms with E-state index >= 15 is 0 Å². The minimum absolute atomic E-state index is 0.169. The molecule has 3 N–H and O–H groups in total. The normalized spacial score (nSPS) is 11.4. The Morgan fingerprint density at radius 1 is 1.25 bits per heavy atom. The van der Waals surface area contributed by atoms with E-state index in [4.69, 9.17) is 15.0 Å². The SMILES string of the molecule is NCCCCOc1ccccc1S(=O)(=O)O. The number of ether oxygens (including phenoxy) is 1. The summed E-state index contributed by atoms with van der Waals surface area (Å²) >= 11 is 0. The molecule has 90 valence electrons. The molecular weight excluding hydrogens is 230 g/mol. The van der Waals surface area contributed by atoms with Crippen molar-refractivity contribution >= 4 is 10.1 Å². The summed E-state index contributed by atoms with van der Waals surface area (Å²) in [5.41, 5.74) is 5.32. The van der Waals surface area contributed by atoms with Gasteiger partial charge in [-0.2, -0.15) is 8.42 Å². The van der Waals surface area contributed by atoms with Crippen LogP contribution in [0.15, 0.2) is 29.2 Å². The topological polar surface area (TPSA) is 89.6 Å². The van der Waals surface area contributed by atoms with Gasteiger partial charge >= 0.3 is 0 Å². The van der Waals surface area contributed by atoms with Gasteiger partial charge in [-0.05, 0) is 31.5 Å². The molecular formula is C10H15NO4S. The van der Waals surface area contributed by atoms with E-state index in [-0.39, 0.29) is 10.6 Å². The zero-order chi connectivity index (χ0) is 12.0. The summed E-state index contributed by atoms with van der Waals surface area (Å²) in [5, 5.41) is 0. The standard InChI is InChI=1S/C10H15NO4S/c11-7-3-4-8-15-9-5-1-2-6-10(9)16(12,13)14/h1-2,5-6H,3-4,7-8,11H2,(H,12,13,14). The third kappa shape index (κ3) is 3.80. The molecule has 1 rings (SSSR count). The Kier molecular flexibility index (Phi) is 4.72. The Labute approximate surface area is 95.0 Å². The molecule has 0 aliphatic rings. The fourth-order valence-electron chi connectivity index (χ4n) is 1.21. The lowest BCUT2D eigenvalue weighted by molar-refractivity contribution is 0.299. The van der Waals surface area contributed by atoms with Gasteiger partial charge in [0.15, 0.2) is 0 Å². The molecule has 5 nitrogen and oxygen atoms in total. The lowest BCUT2D eigenvalue weighted by Gasteiger charge is -2.08. The lowest BCUT2D eigenvalue weighted by Crippen LogP contribution is -2.06. The second-order valence-electron chi connectivity index (χ2n) is 3.27. The maximum absolute atomic E-state index is 11.0. The summed E-state index contributed by atoms with van der Waals surface area (Å²) in [6.07, 6.45) is 1.56. The molecule has 0 spiro atoms. The third-order valence-corrected chi connectivity index (χ3v) is 2.88. The third-order valence-electron chi connectivity index (χ3n) is 1.98. The largest absolute Gasteiger partial charge is 0.492 e. The molecule has 0 unspecified atom stereocenters. The van der Waals surface area contributed by atoms with Gasteiger partial charge in [-0.3, -0.25) is 4.55 Å². The van der Waals surface area contributed by atoms with Crippen molar-refractivity contribution in [3.63, 3.8) is 0 Å². The van der Waals surface area contributed by atoms with Gasteiger partial charge in [0, 0.05) is 0 Å². The molecule has 0 aliphatic carbocycles. The van der Waals surface area contributed by atoms with Crippen molar-refractivity contribution in [3.05, 3.63) is 24.3 Å². The van der Waals surface area contributed by atoms with Crippen molar-refractivity contribution in [1.82, 2.24) is 0 Å². The number of para-hydroxylation sites is 1. The molecule has 0 aliphatic heterocycles. The molecule has 1 aromatic rings. The van der Waals surface area contributed by atoms with Gasteiger partial charge in [-0.15, -0.1) is 0 Å². The van der Waals surface area contributed by atoms with Gasteiger partial charge in [-0.1, -0.05) is 12.1 Å². The second kappa shape index (κ2) is 5.83. The van der Waals surface area contributed by atoms with Crippen molar-refractivity contribution in [2.24, 2.45) is 5.73 Å². The molecule has 1 aromatic carbocycles. The van der Waals surface area contributed by atoms with Gasteiger partial charge in [0.25, 0.3) is 10.1 Å². The van der Waals surface area contributed by atoms with Crippen LogP contribution in [0.5, 0.6) is 5.75 Å². The fourth-order valence-corrected chi connectivity index (χ4v) is 1.84. The monoisotopic (exact) mass is 245 g/mol. The molecule has 0 heterocycles. The first-order valence-electron chi connectivity index (χ1n) is 4.95. The molecule has 0 saturated carbocycles. The Morgan fingerprint density at radius 3 is 2.56 bits per heavy atom. The average molecular weight is 245 g/mol. The fraction of sp³-hybridized carbons (Fsp3) is 0.400. The van der Waals surface area contributed by atoms with E-state index in [1.165, 1.54) is 18.2 Å². The molecule has 0 aromatic heterocycles. The predicted octanol–water partition coefficient (Wildman–Crippen LogP) is 1.05. The minimum Gasteiger partial charge on any atom is -0.492 e. The van der Waals surface area contributed by atoms with Crippen LogP contribution in [0, 0.1) is 0 Å².